The first kappa shape index (κ1) is 20.7. The van der Waals surface area contributed by atoms with Gasteiger partial charge in [-0.3, -0.25) is 9.69 Å². The molecule has 0 spiro atoms. The molecule has 1 aromatic heterocycles. The second kappa shape index (κ2) is 8.99. The van der Waals surface area contributed by atoms with Gasteiger partial charge in [0, 0.05) is 39.3 Å². The first-order chi connectivity index (χ1) is 13.4. The van der Waals surface area contributed by atoms with E-state index in [2.05, 4.69) is 9.62 Å². The van der Waals surface area contributed by atoms with Gasteiger partial charge in [0.25, 0.3) is 5.91 Å². The molecule has 1 saturated heterocycles. The molecule has 10 heteroatoms. The van der Waals surface area contributed by atoms with Gasteiger partial charge in [0.05, 0.1) is 12.0 Å². The lowest BCUT2D eigenvalue weighted by molar-refractivity contribution is 0.0645. The van der Waals surface area contributed by atoms with Crippen molar-refractivity contribution in [2.24, 2.45) is 0 Å². The maximum atomic E-state index is 13.4. The number of hydrogen-bond acceptors (Lipinski definition) is 6. The summed E-state index contributed by atoms with van der Waals surface area (Å²) in [4.78, 5) is 16.7. The van der Waals surface area contributed by atoms with Gasteiger partial charge < -0.3 is 9.64 Å². The van der Waals surface area contributed by atoms with E-state index in [1.807, 2.05) is 22.4 Å². The maximum absolute atomic E-state index is 13.4. The van der Waals surface area contributed by atoms with Crippen LogP contribution in [0.3, 0.4) is 0 Å². The van der Waals surface area contributed by atoms with E-state index in [4.69, 9.17) is 4.74 Å². The van der Waals surface area contributed by atoms with Crippen molar-refractivity contribution in [1.29, 1.82) is 0 Å². The Balaban J connectivity index is 1.49. The van der Waals surface area contributed by atoms with Crippen molar-refractivity contribution in [1.82, 2.24) is 14.5 Å². The number of amides is 1. The van der Waals surface area contributed by atoms with E-state index >= 15 is 0 Å². The number of carbonyl (C=O) groups is 1. The molecule has 1 N–H and O–H groups in total. The van der Waals surface area contributed by atoms with Crippen LogP contribution in [0.2, 0.25) is 0 Å². The molecule has 3 rings (SSSR count). The van der Waals surface area contributed by atoms with Crippen molar-refractivity contribution >= 4 is 27.3 Å². The summed E-state index contributed by atoms with van der Waals surface area (Å²) in [7, 11) is -2.55. The molecular formula is C18H22FN3O4S2. The van der Waals surface area contributed by atoms with Gasteiger partial charge in [-0.25, -0.2) is 17.5 Å². The van der Waals surface area contributed by atoms with Gasteiger partial charge in [0.2, 0.25) is 10.0 Å². The normalized spacial score (nSPS) is 15.6. The minimum Gasteiger partial charge on any atom is -0.495 e. The molecule has 0 bridgehead atoms. The third-order valence-electron chi connectivity index (χ3n) is 4.53. The number of hydrogen-bond donors (Lipinski definition) is 1. The SMILES string of the molecule is COc1ccc(F)cc1S(=O)(=O)NCCN1CCN(C(=O)c2cccs2)CC1. The van der Waals surface area contributed by atoms with Gasteiger partial charge in [-0.15, -0.1) is 11.3 Å². The second-order valence-corrected chi connectivity index (χ2v) is 8.99. The number of rotatable bonds is 7. The largest absolute Gasteiger partial charge is 0.495 e. The number of nitrogens with one attached hydrogen (secondary N) is 1. The van der Waals surface area contributed by atoms with E-state index < -0.39 is 15.8 Å². The molecular weight excluding hydrogens is 405 g/mol. The van der Waals surface area contributed by atoms with Gasteiger partial charge in [0.15, 0.2) is 0 Å². The Labute approximate surface area is 167 Å². The van der Waals surface area contributed by atoms with Crippen LogP contribution in [0.25, 0.3) is 0 Å². The summed E-state index contributed by atoms with van der Waals surface area (Å²) >= 11 is 1.43. The molecule has 0 radical (unpaired) electrons. The third kappa shape index (κ3) is 4.88. The molecule has 28 heavy (non-hydrogen) atoms. The van der Waals surface area contributed by atoms with Crippen molar-refractivity contribution in [2.45, 2.75) is 4.90 Å². The van der Waals surface area contributed by atoms with Crippen LogP contribution < -0.4 is 9.46 Å². The van der Waals surface area contributed by atoms with Crippen LogP contribution in [0.5, 0.6) is 5.75 Å². The fraction of sp³-hybridized carbons (Fsp3) is 0.389. The molecule has 1 aromatic carbocycles. The van der Waals surface area contributed by atoms with Crippen molar-refractivity contribution in [3.05, 3.63) is 46.4 Å². The number of halogens is 1. The van der Waals surface area contributed by atoms with Crippen molar-refractivity contribution in [3.63, 3.8) is 0 Å². The third-order valence-corrected chi connectivity index (χ3v) is 6.87. The highest BCUT2D eigenvalue weighted by atomic mass is 32.2. The summed E-state index contributed by atoms with van der Waals surface area (Å²) in [6.45, 7) is 3.21. The molecule has 1 aliphatic heterocycles. The maximum Gasteiger partial charge on any atom is 0.264 e. The standard InChI is InChI=1S/C18H22FN3O4S2/c1-26-15-5-4-14(19)13-17(15)28(24,25)20-6-7-21-8-10-22(11-9-21)18(23)16-3-2-12-27-16/h2-5,12-13,20H,6-11H2,1H3. The van der Waals surface area contributed by atoms with Gasteiger partial charge in [0.1, 0.15) is 16.5 Å². The van der Waals surface area contributed by atoms with Crippen LogP contribution in [0.1, 0.15) is 9.67 Å². The van der Waals surface area contributed by atoms with Crippen molar-refractivity contribution < 1.29 is 22.3 Å². The predicted octanol–water partition coefficient (Wildman–Crippen LogP) is 1.63. The lowest BCUT2D eigenvalue weighted by Gasteiger charge is -2.34. The number of ether oxygens (including phenoxy) is 1. The summed E-state index contributed by atoms with van der Waals surface area (Å²) in [5, 5.41) is 1.88. The first-order valence-electron chi connectivity index (χ1n) is 8.79. The zero-order chi connectivity index (χ0) is 20.1. The van der Waals surface area contributed by atoms with E-state index in [9.17, 15) is 17.6 Å². The molecule has 0 aliphatic carbocycles. The molecule has 0 atom stereocenters. The molecule has 1 amide bonds. The highest BCUT2D eigenvalue weighted by Crippen LogP contribution is 2.24. The summed E-state index contributed by atoms with van der Waals surface area (Å²) in [6.07, 6.45) is 0. The van der Waals surface area contributed by atoms with E-state index in [0.717, 1.165) is 17.0 Å². The lowest BCUT2D eigenvalue weighted by atomic mass is 10.3. The Bertz CT molecular complexity index is 911. The number of nitrogens with zero attached hydrogens (tertiary/aromatic N) is 2. The number of benzene rings is 1. The Kier molecular flexibility index (Phi) is 6.65. The van der Waals surface area contributed by atoms with Crippen LogP contribution in [-0.2, 0) is 10.0 Å². The Morgan fingerprint density at radius 2 is 2.00 bits per heavy atom. The first-order valence-corrected chi connectivity index (χ1v) is 11.2. The summed E-state index contributed by atoms with van der Waals surface area (Å²) in [6, 6.07) is 7.04. The van der Waals surface area contributed by atoms with Gasteiger partial charge in [-0.1, -0.05) is 6.07 Å². The highest BCUT2D eigenvalue weighted by molar-refractivity contribution is 7.89. The van der Waals surface area contributed by atoms with Crippen LogP contribution in [-0.4, -0.2) is 70.5 Å². The van der Waals surface area contributed by atoms with Gasteiger partial charge in [-0.2, -0.15) is 0 Å². The topological polar surface area (TPSA) is 79.0 Å². The summed E-state index contributed by atoms with van der Waals surface area (Å²) < 4.78 is 45.8. The molecule has 7 nitrogen and oxygen atoms in total. The van der Waals surface area contributed by atoms with Crippen LogP contribution in [0, 0.1) is 5.82 Å². The van der Waals surface area contributed by atoms with Gasteiger partial charge in [-0.05, 0) is 29.6 Å². The van der Waals surface area contributed by atoms with Crippen LogP contribution >= 0.6 is 11.3 Å². The number of carbonyl (C=O) groups excluding carboxylic acids is 1. The smallest absolute Gasteiger partial charge is 0.264 e. The van der Waals surface area contributed by atoms with E-state index in [0.29, 0.717) is 32.7 Å². The molecule has 1 fully saturated rings. The highest BCUT2D eigenvalue weighted by Gasteiger charge is 2.24. The van der Waals surface area contributed by atoms with Crippen LogP contribution in [0.15, 0.2) is 40.6 Å². The summed E-state index contributed by atoms with van der Waals surface area (Å²) in [5.41, 5.74) is 0. The second-order valence-electron chi connectivity index (χ2n) is 6.30. The van der Waals surface area contributed by atoms with Crippen LogP contribution in [0.4, 0.5) is 4.39 Å². The fourth-order valence-electron chi connectivity index (χ4n) is 3.01. The molecule has 2 aromatic rings. The number of thiophene rings is 1. The van der Waals surface area contributed by atoms with E-state index in [-0.39, 0.29) is 23.1 Å². The van der Waals surface area contributed by atoms with E-state index in [1.54, 1.807) is 0 Å². The minimum atomic E-state index is -3.88. The minimum absolute atomic E-state index is 0.0357. The van der Waals surface area contributed by atoms with E-state index in [1.165, 1.54) is 24.5 Å². The average Bonchev–Trinajstić information content (AvgIpc) is 3.22. The summed E-state index contributed by atoms with van der Waals surface area (Å²) in [5.74, 6) is -0.518. The van der Waals surface area contributed by atoms with Crippen molar-refractivity contribution in [2.75, 3.05) is 46.4 Å². The molecule has 2 heterocycles. The Morgan fingerprint density at radius 1 is 1.25 bits per heavy atom. The number of sulfonamides is 1. The van der Waals surface area contributed by atoms with Gasteiger partial charge >= 0.3 is 0 Å². The molecule has 0 unspecified atom stereocenters. The zero-order valence-electron chi connectivity index (χ0n) is 15.4. The molecule has 152 valence electrons. The lowest BCUT2D eigenvalue weighted by Crippen LogP contribution is -2.50. The monoisotopic (exact) mass is 427 g/mol. The zero-order valence-corrected chi connectivity index (χ0v) is 17.1. The van der Waals surface area contributed by atoms with Crippen molar-refractivity contribution in [3.8, 4) is 5.75 Å². The fourth-order valence-corrected chi connectivity index (χ4v) is 4.90. The molecule has 0 saturated carbocycles. The average molecular weight is 428 g/mol. The number of methoxy groups -OCH3 is 1. The Hall–Kier alpha value is -2.01. The quantitative estimate of drug-likeness (QED) is 0.727. The predicted molar refractivity (Wildman–Crippen MR) is 105 cm³/mol. The molecule has 1 aliphatic rings. The number of piperazine rings is 1. The Morgan fingerprint density at radius 3 is 2.64 bits per heavy atom.